The minimum atomic E-state index is -0.540. The van der Waals surface area contributed by atoms with Gasteiger partial charge in [-0.2, -0.15) is 4.98 Å². The lowest BCUT2D eigenvalue weighted by atomic mass is 9.99. The number of rotatable bonds is 3. The molecule has 0 bridgehead atoms. The summed E-state index contributed by atoms with van der Waals surface area (Å²) >= 11 is 5.97. The third-order valence-electron chi connectivity index (χ3n) is 3.48. The highest BCUT2D eigenvalue weighted by Crippen LogP contribution is 2.25. The molecular weight excluding hydrogens is 299 g/mol. The Labute approximate surface area is 125 Å². The van der Waals surface area contributed by atoms with Crippen molar-refractivity contribution in [2.24, 2.45) is 0 Å². The summed E-state index contributed by atoms with van der Waals surface area (Å²) in [7, 11) is 0. The number of halogens is 2. The average Bonchev–Trinajstić information content (AvgIpc) is 2.91. The van der Waals surface area contributed by atoms with Gasteiger partial charge >= 0.3 is 0 Å². The van der Waals surface area contributed by atoms with E-state index in [1.54, 1.807) is 6.07 Å². The quantitative estimate of drug-likeness (QED) is 0.942. The lowest BCUT2D eigenvalue weighted by molar-refractivity contribution is -0.0149. The molecule has 1 N–H and O–H groups in total. The van der Waals surface area contributed by atoms with Crippen LogP contribution >= 0.6 is 11.6 Å². The average molecular weight is 313 g/mol. The maximum Gasteiger partial charge on any atom is 0.234 e. The van der Waals surface area contributed by atoms with Crippen LogP contribution in [-0.2, 0) is 11.2 Å². The largest absolute Gasteiger partial charge is 0.392 e. The molecule has 0 radical (unpaired) electrons. The molecule has 1 aromatic heterocycles. The zero-order chi connectivity index (χ0) is 14.8. The molecule has 2 unspecified atom stereocenters. The van der Waals surface area contributed by atoms with Crippen LogP contribution in [0.25, 0.3) is 0 Å². The van der Waals surface area contributed by atoms with Crippen LogP contribution in [0.3, 0.4) is 0 Å². The first-order chi connectivity index (χ1) is 10.1. The van der Waals surface area contributed by atoms with E-state index < -0.39 is 6.10 Å². The summed E-state index contributed by atoms with van der Waals surface area (Å²) in [6, 6.07) is 4.17. The van der Waals surface area contributed by atoms with Crippen molar-refractivity contribution < 1.29 is 18.8 Å². The number of ether oxygens (including phenoxy) is 1. The van der Waals surface area contributed by atoms with Crippen LogP contribution in [-0.4, -0.2) is 34.6 Å². The van der Waals surface area contributed by atoms with E-state index >= 15 is 0 Å². The van der Waals surface area contributed by atoms with Gasteiger partial charge in [0.05, 0.1) is 18.6 Å². The van der Waals surface area contributed by atoms with Crippen LogP contribution in [0.5, 0.6) is 0 Å². The Morgan fingerprint density at radius 2 is 2.29 bits per heavy atom. The van der Waals surface area contributed by atoms with Crippen molar-refractivity contribution in [1.29, 1.82) is 0 Å². The molecule has 0 saturated carbocycles. The number of hydrogen-bond donors (Lipinski definition) is 1. The number of benzene rings is 1. The minimum absolute atomic E-state index is 0.302. The van der Waals surface area contributed by atoms with Gasteiger partial charge < -0.3 is 14.4 Å². The predicted octanol–water partition coefficient (Wildman–Crippen LogP) is 2.32. The molecule has 112 valence electrons. The van der Waals surface area contributed by atoms with E-state index in [4.69, 9.17) is 20.9 Å². The van der Waals surface area contributed by atoms with Crippen LogP contribution in [0.2, 0.25) is 5.02 Å². The van der Waals surface area contributed by atoms with Crippen LogP contribution in [0, 0.1) is 5.82 Å². The van der Waals surface area contributed by atoms with Crippen molar-refractivity contribution in [2.45, 2.75) is 24.9 Å². The predicted molar refractivity (Wildman–Crippen MR) is 72.7 cm³/mol. The lowest BCUT2D eigenvalue weighted by Crippen LogP contribution is -2.30. The molecule has 21 heavy (non-hydrogen) atoms. The summed E-state index contributed by atoms with van der Waals surface area (Å²) < 4.78 is 23.5. The van der Waals surface area contributed by atoms with Crippen molar-refractivity contribution in [3.63, 3.8) is 0 Å². The summed E-state index contributed by atoms with van der Waals surface area (Å²) in [4.78, 5) is 4.27. The third kappa shape index (κ3) is 3.23. The van der Waals surface area contributed by atoms with Crippen molar-refractivity contribution in [2.75, 3.05) is 13.2 Å². The van der Waals surface area contributed by atoms with E-state index in [0.717, 1.165) is 0 Å². The summed E-state index contributed by atoms with van der Waals surface area (Å²) in [6.07, 6.45) is 0.347. The summed E-state index contributed by atoms with van der Waals surface area (Å²) in [5.74, 6) is 0.107. The van der Waals surface area contributed by atoms with Crippen molar-refractivity contribution in [3.8, 4) is 0 Å². The first-order valence-corrected chi connectivity index (χ1v) is 7.03. The smallest absolute Gasteiger partial charge is 0.234 e. The number of hydrogen-bond acceptors (Lipinski definition) is 5. The Hall–Kier alpha value is -1.50. The molecule has 1 aliphatic rings. The monoisotopic (exact) mass is 312 g/mol. The van der Waals surface area contributed by atoms with Crippen molar-refractivity contribution in [1.82, 2.24) is 10.1 Å². The van der Waals surface area contributed by atoms with E-state index in [1.807, 2.05) is 0 Å². The van der Waals surface area contributed by atoms with E-state index in [2.05, 4.69) is 10.1 Å². The minimum Gasteiger partial charge on any atom is -0.392 e. The summed E-state index contributed by atoms with van der Waals surface area (Å²) in [5.41, 5.74) is 0.714. The number of aromatic nitrogens is 2. The highest BCUT2D eigenvalue weighted by atomic mass is 35.5. The lowest BCUT2D eigenvalue weighted by Gasteiger charge is -2.24. The van der Waals surface area contributed by atoms with Gasteiger partial charge in [0.2, 0.25) is 5.89 Å². The molecule has 7 heteroatoms. The molecule has 0 spiro atoms. The van der Waals surface area contributed by atoms with Crippen molar-refractivity contribution >= 4 is 11.6 Å². The fourth-order valence-corrected chi connectivity index (χ4v) is 2.52. The fraction of sp³-hybridized carbons (Fsp3) is 0.429. The Bertz CT molecular complexity index is 634. The SMILES string of the molecule is OC1CCOCC1c1nc(Cc2ccc(F)cc2Cl)no1. The van der Waals surface area contributed by atoms with E-state index in [1.165, 1.54) is 12.1 Å². The van der Waals surface area contributed by atoms with Gasteiger partial charge in [-0.3, -0.25) is 0 Å². The van der Waals surface area contributed by atoms with E-state index in [-0.39, 0.29) is 11.7 Å². The van der Waals surface area contributed by atoms with Gasteiger partial charge in [0.25, 0.3) is 0 Å². The van der Waals surface area contributed by atoms with Gasteiger partial charge in [0, 0.05) is 18.1 Å². The second-order valence-electron chi connectivity index (χ2n) is 5.00. The number of nitrogens with zero attached hydrogens (tertiary/aromatic N) is 2. The molecule has 5 nitrogen and oxygen atoms in total. The molecule has 3 rings (SSSR count). The standard InChI is InChI=1S/C14H14ClFN2O3/c15-11-6-9(16)2-1-8(11)5-13-17-14(21-18-13)10-7-20-4-3-12(10)19/h1-2,6,10,12,19H,3-5,7H2. The Morgan fingerprint density at radius 3 is 3.05 bits per heavy atom. The molecule has 2 heterocycles. The van der Waals surface area contributed by atoms with Crippen LogP contribution in [0.1, 0.15) is 29.6 Å². The molecule has 1 aromatic carbocycles. The maximum absolute atomic E-state index is 13.0. The van der Waals surface area contributed by atoms with Crippen molar-refractivity contribution in [3.05, 3.63) is 46.3 Å². The van der Waals surface area contributed by atoms with Gasteiger partial charge in [-0.1, -0.05) is 22.8 Å². The maximum atomic E-state index is 13.0. The first-order valence-electron chi connectivity index (χ1n) is 6.65. The normalized spacial score (nSPS) is 22.4. The summed E-state index contributed by atoms with van der Waals surface area (Å²) in [6.45, 7) is 0.893. The van der Waals surface area contributed by atoms with Gasteiger partial charge in [0.15, 0.2) is 5.82 Å². The summed E-state index contributed by atoms with van der Waals surface area (Å²) in [5, 5.41) is 14.1. The Balaban J connectivity index is 1.75. The van der Waals surface area contributed by atoms with Crippen LogP contribution < -0.4 is 0 Å². The molecule has 0 aliphatic carbocycles. The zero-order valence-electron chi connectivity index (χ0n) is 11.1. The van der Waals surface area contributed by atoms with Crippen LogP contribution in [0.15, 0.2) is 22.7 Å². The fourth-order valence-electron chi connectivity index (χ4n) is 2.29. The molecule has 1 fully saturated rings. The highest BCUT2D eigenvalue weighted by Gasteiger charge is 2.30. The second-order valence-corrected chi connectivity index (χ2v) is 5.41. The molecule has 2 aromatic rings. The van der Waals surface area contributed by atoms with E-state index in [0.29, 0.717) is 48.4 Å². The van der Waals surface area contributed by atoms with Gasteiger partial charge in [-0.25, -0.2) is 4.39 Å². The highest BCUT2D eigenvalue weighted by molar-refractivity contribution is 6.31. The molecular formula is C14H14ClFN2O3. The third-order valence-corrected chi connectivity index (χ3v) is 3.84. The molecule has 1 saturated heterocycles. The Morgan fingerprint density at radius 1 is 1.43 bits per heavy atom. The van der Waals surface area contributed by atoms with Gasteiger partial charge in [-0.15, -0.1) is 0 Å². The zero-order valence-corrected chi connectivity index (χ0v) is 11.9. The van der Waals surface area contributed by atoms with E-state index in [9.17, 15) is 9.50 Å². The first kappa shape index (κ1) is 14.4. The topological polar surface area (TPSA) is 68.4 Å². The van der Waals surface area contributed by atoms with Gasteiger partial charge in [-0.05, 0) is 24.1 Å². The number of aliphatic hydroxyl groups excluding tert-OH is 1. The molecule has 1 aliphatic heterocycles. The molecule has 2 atom stereocenters. The number of aliphatic hydroxyl groups is 1. The Kier molecular flexibility index (Phi) is 4.19. The van der Waals surface area contributed by atoms with Gasteiger partial charge in [0.1, 0.15) is 5.82 Å². The molecule has 0 amide bonds. The van der Waals surface area contributed by atoms with Crippen LogP contribution in [0.4, 0.5) is 4.39 Å². The second kappa shape index (κ2) is 6.09.